The Morgan fingerprint density at radius 3 is 2.63 bits per heavy atom. The molecular weight excluding hydrogens is 361 g/mol. The fourth-order valence-electron chi connectivity index (χ4n) is 3.08. The molecule has 3 rings (SSSR count). The number of hydrogen-bond acceptors (Lipinski definition) is 3. The molecule has 27 heavy (non-hydrogen) atoms. The van der Waals surface area contributed by atoms with Crippen LogP contribution in [0, 0.1) is 0 Å². The summed E-state index contributed by atoms with van der Waals surface area (Å²) in [4.78, 5) is 24.1. The van der Waals surface area contributed by atoms with Crippen LogP contribution in [0.15, 0.2) is 47.4 Å². The minimum atomic E-state index is -4.76. The van der Waals surface area contributed by atoms with Gasteiger partial charge < -0.3 is 14.6 Å². The smallest absolute Gasteiger partial charge is 0.421 e. The zero-order valence-corrected chi connectivity index (χ0v) is 14.5. The molecule has 1 aliphatic carbocycles. The molecule has 0 radical (unpaired) electrons. The Labute approximate surface area is 153 Å². The first-order valence-electron chi connectivity index (χ1n) is 8.66. The standard InChI is InChI=1S/C19H19F3N2O3/c20-19(21,22)16-9-4-10-24(18(16)26)12-17(25)23-13-5-3-8-15(11-13)27-14-6-1-2-7-14/h3-5,8-11,14H,1-2,6-7,12H2,(H,23,25). The van der Waals surface area contributed by atoms with Crippen molar-refractivity contribution in [1.82, 2.24) is 4.57 Å². The largest absolute Gasteiger partial charge is 0.490 e. The summed E-state index contributed by atoms with van der Waals surface area (Å²) < 4.78 is 45.0. The molecule has 2 aromatic rings. The summed E-state index contributed by atoms with van der Waals surface area (Å²) in [5.74, 6) is 0.0189. The molecule has 0 spiro atoms. The Hall–Kier alpha value is -2.77. The third kappa shape index (κ3) is 4.90. The predicted octanol–water partition coefficient (Wildman–Crippen LogP) is 3.83. The second-order valence-electron chi connectivity index (χ2n) is 6.45. The Balaban J connectivity index is 1.67. The first-order chi connectivity index (χ1) is 12.8. The van der Waals surface area contributed by atoms with E-state index in [9.17, 15) is 22.8 Å². The third-order valence-electron chi connectivity index (χ3n) is 4.36. The number of aromatic nitrogens is 1. The van der Waals surface area contributed by atoms with E-state index in [2.05, 4.69) is 5.32 Å². The Bertz CT molecular complexity index is 871. The van der Waals surface area contributed by atoms with Gasteiger partial charge in [-0.05, 0) is 49.9 Å². The number of hydrogen-bond donors (Lipinski definition) is 1. The highest BCUT2D eigenvalue weighted by Crippen LogP contribution is 2.27. The van der Waals surface area contributed by atoms with E-state index in [-0.39, 0.29) is 6.10 Å². The van der Waals surface area contributed by atoms with Crippen LogP contribution >= 0.6 is 0 Å². The van der Waals surface area contributed by atoms with Crippen LogP contribution in [0.1, 0.15) is 31.2 Å². The van der Waals surface area contributed by atoms with E-state index < -0.39 is 29.8 Å². The minimum Gasteiger partial charge on any atom is -0.490 e. The van der Waals surface area contributed by atoms with Crippen LogP contribution in [0.3, 0.4) is 0 Å². The fourth-order valence-corrected chi connectivity index (χ4v) is 3.08. The topological polar surface area (TPSA) is 60.3 Å². The maximum atomic E-state index is 12.8. The number of carbonyl (C=O) groups excluding carboxylic acids is 1. The third-order valence-corrected chi connectivity index (χ3v) is 4.36. The van der Waals surface area contributed by atoms with Gasteiger partial charge in [-0.3, -0.25) is 9.59 Å². The number of nitrogens with one attached hydrogen (secondary N) is 1. The summed E-state index contributed by atoms with van der Waals surface area (Å²) in [6.45, 7) is -0.517. The number of ether oxygens (including phenoxy) is 1. The first kappa shape index (κ1) is 19.0. The molecule has 0 atom stereocenters. The van der Waals surface area contributed by atoms with Crippen LogP contribution in [0.5, 0.6) is 5.75 Å². The predicted molar refractivity (Wildman–Crippen MR) is 93.7 cm³/mol. The van der Waals surface area contributed by atoms with Crippen molar-refractivity contribution in [1.29, 1.82) is 0 Å². The normalized spacial score (nSPS) is 14.9. The molecule has 1 amide bonds. The highest BCUT2D eigenvalue weighted by Gasteiger charge is 2.34. The lowest BCUT2D eigenvalue weighted by atomic mass is 10.2. The second-order valence-corrected chi connectivity index (χ2v) is 6.45. The first-order valence-corrected chi connectivity index (χ1v) is 8.66. The van der Waals surface area contributed by atoms with Crippen molar-refractivity contribution >= 4 is 11.6 Å². The maximum Gasteiger partial charge on any atom is 0.421 e. The average molecular weight is 380 g/mol. The molecule has 1 aromatic carbocycles. The van der Waals surface area contributed by atoms with E-state index in [1.54, 1.807) is 24.3 Å². The van der Waals surface area contributed by atoms with Gasteiger partial charge >= 0.3 is 6.18 Å². The van der Waals surface area contributed by atoms with Crippen molar-refractivity contribution < 1.29 is 22.7 Å². The van der Waals surface area contributed by atoms with Crippen molar-refractivity contribution in [3.63, 3.8) is 0 Å². The molecule has 1 heterocycles. The molecule has 0 unspecified atom stereocenters. The summed E-state index contributed by atoms with van der Waals surface area (Å²) in [7, 11) is 0. The summed E-state index contributed by atoms with van der Waals surface area (Å²) in [6, 6.07) is 8.59. The lowest BCUT2D eigenvalue weighted by Crippen LogP contribution is -2.31. The van der Waals surface area contributed by atoms with Crippen LogP contribution in [0.4, 0.5) is 18.9 Å². The van der Waals surface area contributed by atoms with Crippen LogP contribution in [-0.2, 0) is 17.5 Å². The van der Waals surface area contributed by atoms with E-state index >= 15 is 0 Å². The Morgan fingerprint density at radius 2 is 1.93 bits per heavy atom. The van der Waals surface area contributed by atoms with Gasteiger partial charge in [-0.2, -0.15) is 13.2 Å². The number of amides is 1. The zero-order chi connectivity index (χ0) is 19.4. The molecule has 8 heteroatoms. The Kier molecular flexibility index (Phi) is 5.53. The second kappa shape index (κ2) is 7.85. The number of anilines is 1. The number of nitrogens with zero attached hydrogens (tertiary/aromatic N) is 1. The van der Waals surface area contributed by atoms with Gasteiger partial charge in [0.05, 0.1) is 6.10 Å². The number of halogens is 3. The van der Waals surface area contributed by atoms with E-state index in [0.717, 1.165) is 42.5 Å². The van der Waals surface area contributed by atoms with Crippen molar-refractivity contribution in [2.24, 2.45) is 0 Å². The molecule has 144 valence electrons. The molecule has 1 aromatic heterocycles. The summed E-state index contributed by atoms with van der Waals surface area (Å²) >= 11 is 0. The minimum absolute atomic E-state index is 0.166. The molecule has 0 bridgehead atoms. The highest BCUT2D eigenvalue weighted by molar-refractivity contribution is 5.90. The van der Waals surface area contributed by atoms with Crippen molar-refractivity contribution in [3.05, 3.63) is 58.5 Å². The fraction of sp³-hybridized carbons (Fsp3) is 0.368. The highest BCUT2D eigenvalue weighted by atomic mass is 19.4. The molecule has 1 aliphatic rings. The van der Waals surface area contributed by atoms with E-state index in [0.29, 0.717) is 17.5 Å². The van der Waals surface area contributed by atoms with Crippen LogP contribution in [0.25, 0.3) is 0 Å². The van der Waals surface area contributed by atoms with Crippen molar-refractivity contribution in [2.45, 2.75) is 44.5 Å². The summed E-state index contributed by atoms with van der Waals surface area (Å²) in [5, 5.41) is 2.58. The number of benzene rings is 1. The lowest BCUT2D eigenvalue weighted by Gasteiger charge is -2.14. The Morgan fingerprint density at radius 1 is 1.19 bits per heavy atom. The van der Waals surface area contributed by atoms with E-state index in [1.165, 1.54) is 0 Å². The summed E-state index contributed by atoms with van der Waals surface area (Å²) in [6.07, 6.45) is 0.808. The molecule has 0 aliphatic heterocycles. The van der Waals surface area contributed by atoms with Gasteiger partial charge in [-0.15, -0.1) is 0 Å². The quantitative estimate of drug-likeness (QED) is 0.858. The van der Waals surface area contributed by atoms with Crippen LogP contribution in [-0.4, -0.2) is 16.6 Å². The number of carbonyl (C=O) groups is 1. The molecule has 1 saturated carbocycles. The monoisotopic (exact) mass is 380 g/mol. The number of pyridine rings is 1. The maximum absolute atomic E-state index is 12.8. The van der Waals surface area contributed by atoms with Gasteiger partial charge in [-0.25, -0.2) is 0 Å². The van der Waals surface area contributed by atoms with Gasteiger partial charge in [-0.1, -0.05) is 6.07 Å². The molecule has 1 N–H and O–H groups in total. The van der Waals surface area contributed by atoms with Gasteiger partial charge in [0.2, 0.25) is 5.91 Å². The number of rotatable bonds is 5. The summed E-state index contributed by atoms with van der Waals surface area (Å²) in [5.41, 5.74) is -2.10. The number of alkyl halides is 3. The molecule has 0 saturated heterocycles. The molecular formula is C19H19F3N2O3. The van der Waals surface area contributed by atoms with Gasteiger partial charge in [0, 0.05) is 18.0 Å². The van der Waals surface area contributed by atoms with Crippen molar-refractivity contribution in [2.75, 3.05) is 5.32 Å². The zero-order valence-electron chi connectivity index (χ0n) is 14.5. The molecule has 1 fully saturated rings. The van der Waals surface area contributed by atoms with Crippen molar-refractivity contribution in [3.8, 4) is 5.75 Å². The van der Waals surface area contributed by atoms with Gasteiger partial charge in [0.25, 0.3) is 5.56 Å². The average Bonchev–Trinajstić information content (AvgIpc) is 3.09. The lowest BCUT2D eigenvalue weighted by molar-refractivity contribution is -0.139. The van der Waals surface area contributed by atoms with Gasteiger partial charge in [0.15, 0.2) is 0 Å². The molecule has 5 nitrogen and oxygen atoms in total. The van der Waals surface area contributed by atoms with Crippen LogP contribution < -0.4 is 15.6 Å². The van der Waals surface area contributed by atoms with Gasteiger partial charge in [0.1, 0.15) is 17.9 Å². The van der Waals surface area contributed by atoms with E-state index in [1.807, 2.05) is 0 Å². The van der Waals surface area contributed by atoms with Crippen LogP contribution in [0.2, 0.25) is 0 Å². The van der Waals surface area contributed by atoms with E-state index in [4.69, 9.17) is 4.74 Å². The SMILES string of the molecule is O=C(Cn1cccc(C(F)(F)F)c1=O)Nc1cccc(OC2CCCC2)c1.